The van der Waals surface area contributed by atoms with Crippen LogP contribution in [0.25, 0.3) is 0 Å². The minimum Gasteiger partial charge on any atom is -0.423 e. The van der Waals surface area contributed by atoms with Crippen LogP contribution in [0.15, 0.2) is 28.7 Å². The van der Waals surface area contributed by atoms with Crippen molar-refractivity contribution in [2.24, 2.45) is 5.92 Å². The Morgan fingerprint density at radius 1 is 1.33 bits per heavy atom. The smallest absolute Gasteiger partial charge is 0.238 e. The highest BCUT2D eigenvalue weighted by molar-refractivity contribution is 5.46. The van der Waals surface area contributed by atoms with Crippen LogP contribution in [0.1, 0.15) is 62.9 Å². The standard InChI is InChI=1S/C19H27N3O2/c1-13-6-4-9-18(10-13)23-12-16-7-5-8-17(11-16)20-14(2)19-22-21-15(3)24-19/h5,7-8,11,13-14,18,20H,4,6,9-10,12H2,1-3H3/t13-,14+,18-/m1/s1. The minimum atomic E-state index is -0.0263. The minimum absolute atomic E-state index is 0.0263. The highest BCUT2D eigenvalue weighted by Crippen LogP contribution is 2.27. The molecule has 0 saturated heterocycles. The maximum atomic E-state index is 6.12. The Morgan fingerprint density at radius 3 is 2.96 bits per heavy atom. The van der Waals surface area contributed by atoms with Gasteiger partial charge in [-0.25, -0.2) is 0 Å². The second-order valence-corrected chi connectivity index (χ2v) is 6.93. The summed E-state index contributed by atoms with van der Waals surface area (Å²) in [4.78, 5) is 0. The number of hydrogen-bond donors (Lipinski definition) is 1. The zero-order chi connectivity index (χ0) is 16.9. The molecule has 1 aromatic carbocycles. The molecule has 1 aromatic heterocycles. The first-order valence-corrected chi connectivity index (χ1v) is 8.87. The molecular weight excluding hydrogens is 302 g/mol. The second-order valence-electron chi connectivity index (χ2n) is 6.93. The van der Waals surface area contributed by atoms with E-state index >= 15 is 0 Å². The summed E-state index contributed by atoms with van der Waals surface area (Å²) in [7, 11) is 0. The molecule has 0 unspecified atom stereocenters. The number of nitrogens with one attached hydrogen (secondary N) is 1. The van der Waals surface area contributed by atoms with E-state index in [0.29, 0.717) is 24.5 Å². The normalized spacial score (nSPS) is 22.3. The number of aryl methyl sites for hydroxylation is 1. The van der Waals surface area contributed by atoms with E-state index in [4.69, 9.17) is 9.15 Å². The Bertz CT molecular complexity index is 656. The van der Waals surface area contributed by atoms with E-state index in [1.54, 1.807) is 6.92 Å². The van der Waals surface area contributed by atoms with Gasteiger partial charge in [0, 0.05) is 12.6 Å². The Hall–Kier alpha value is -1.88. The molecule has 0 radical (unpaired) electrons. The van der Waals surface area contributed by atoms with Gasteiger partial charge in [-0.1, -0.05) is 31.9 Å². The molecule has 1 fully saturated rings. The van der Waals surface area contributed by atoms with Gasteiger partial charge in [0.25, 0.3) is 0 Å². The number of benzene rings is 1. The van der Waals surface area contributed by atoms with E-state index in [-0.39, 0.29) is 6.04 Å². The zero-order valence-electron chi connectivity index (χ0n) is 14.8. The van der Waals surface area contributed by atoms with E-state index < -0.39 is 0 Å². The van der Waals surface area contributed by atoms with Crippen molar-refractivity contribution in [3.05, 3.63) is 41.6 Å². The topological polar surface area (TPSA) is 60.2 Å². The molecule has 1 heterocycles. The SMILES string of the molecule is Cc1nnc([C@H](C)Nc2cccc(CO[C@@H]3CCC[C@@H](C)C3)c2)o1. The third-order valence-electron chi connectivity index (χ3n) is 4.60. The van der Waals surface area contributed by atoms with Crippen molar-refractivity contribution < 1.29 is 9.15 Å². The molecule has 3 atom stereocenters. The zero-order valence-corrected chi connectivity index (χ0v) is 14.8. The van der Waals surface area contributed by atoms with Crippen LogP contribution in [-0.4, -0.2) is 16.3 Å². The van der Waals surface area contributed by atoms with Crippen molar-refractivity contribution >= 4 is 5.69 Å². The quantitative estimate of drug-likeness (QED) is 0.836. The summed E-state index contributed by atoms with van der Waals surface area (Å²) in [6.07, 6.45) is 5.41. The molecule has 0 spiro atoms. The number of hydrogen-bond acceptors (Lipinski definition) is 5. The fourth-order valence-corrected chi connectivity index (χ4v) is 3.29. The van der Waals surface area contributed by atoms with E-state index in [2.05, 4.69) is 40.6 Å². The molecule has 1 aliphatic rings. The molecular formula is C19H27N3O2. The van der Waals surface area contributed by atoms with Gasteiger partial charge in [0.15, 0.2) is 0 Å². The molecule has 1 N–H and O–H groups in total. The predicted molar refractivity (Wildman–Crippen MR) is 93.7 cm³/mol. The molecule has 5 heteroatoms. The van der Waals surface area contributed by atoms with Crippen LogP contribution >= 0.6 is 0 Å². The van der Waals surface area contributed by atoms with Crippen LogP contribution < -0.4 is 5.32 Å². The van der Waals surface area contributed by atoms with Gasteiger partial charge in [-0.2, -0.15) is 0 Å². The molecule has 130 valence electrons. The molecule has 5 nitrogen and oxygen atoms in total. The van der Waals surface area contributed by atoms with Gasteiger partial charge in [0.05, 0.1) is 12.7 Å². The third-order valence-corrected chi connectivity index (χ3v) is 4.60. The maximum Gasteiger partial charge on any atom is 0.238 e. The van der Waals surface area contributed by atoms with Crippen molar-refractivity contribution in [2.45, 2.75) is 65.2 Å². The predicted octanol–water partition coefficient (Wildman–Crippen LogP) is 4.65. The van der Waals surface area contributed by atoms with E-state index in [9.17, 15) is 0 Å². The molecule has 24 heavy (non-hydrogen) atoms. The summed E-state index contributed by atoms with van der Waals surface area (Å²) in [5, 5.41) is 11.3. The summed E-state index contributed by atoms with van der Waals surface area (Å²) >= 11 is 0. The van der Waals surface area contributed by atoms with Crippen molar-refractivity contribution in [3.8, 4) is 0 Å². The number of ether oxygens (including phenoxy) is 1. The summed E-state index contributed by atoms with van der Waals surface area (Å²) in [5.74, 6) is 1.98. The highest BCUT2D eigenvalue weighted by Gasteiger charge is 2.19. The average molecular weight is 329 g/mol. The van der Waals surface area contributed by atoms with E-state index in [1.165, 1.54) is 31.2 Å². The van der Waals surface area contributed by atoms with Crippen molar-refractivity contribution in [1.82, 2.24) is 10.2 Å². The molecule has 1 aliphatic carbocycles. The monoisotopic (exact) mass is 329 g/mol. The molecule has 3 rings (SSSR count). The van der Waals surface area contributed by atoms with Crippen molar-refractivity contribution in [2.75, 3.05) is 5.32 Å². The van der Waals surface area contributed by atoms with Crippen LogP contribution in [0.4, 0.5) is 5.69 Å². The fourth-order valence-electron chi connectivity index (χ4n) is 3.29. The highest BCUT2D eigenvalue weighted by atomic mass is 16.5. The second kappa shape index (κ2) is 7.79. The lowest BCUT2D eigenvalue weighted by Crippen LogP contribution is -2.21. The lowest BCUT2D eigenvalue weighted by molar-refractivity contribution is 0.00468. The summed E-state index contributed by atoms with van der Waals surface area (Å²) < 4.78 is 11.6. The lowest BCUT2D eigenvalue weighted by atomic mass is 9.89. The van der Waals surface area contributed by atoms with Crippen LogP contribution in [0.3, 0.4) is 0 Å². The molecule has 1 saturated carbocycles. The number of nitrogens with zero attached hydrogens (tertiary/aromatic N) is 2. The number of anilines is 1. The summed E-state index contributed by atoms with van der Waals surface area (Å²) in [6, 6.07) is 8.31. The Kier molecular flexibility index (Phi) is 5.51. The first-order chi connectivity index (χ1) is 11.6. The summed E-state index contributed by atoms with van der Waals surface area (Å²) in [5.41, 5.74) is 2.23. The largest absolute Gasteiger partial charge is 0.423 e. The van der Waals surface area contributed by atoms with E-state index in [1.807, 2.05) is 13.0 Å². The van der Waals surface area contributed by atoms with Crippen LogP contribution in [-0.2, 0) is 11.3 Å². The summed E-state index contributed by atoms with van der Waals surface area (Å²) in [6.45, 7) is 6.80. The molecule has 2 aromatic rings. The Labute approximate surface area is 143 Å². The van der Waals surface area contributed by atoms with Crippen LogP contribution in [0, 0.1) is 12.8 Å². The molecule has 0 bridgehead atoms. The average Bonchev–Trinajstić information content (AvgIpc) is 3.00. The Balaban J connectivity index is 1.55. The van der Waals surface area contributed by atoms with Gasteiger partial charge in [-0.05, 0) is 43.4 Å². The van der Waals surface area contributed by atoms with Crippen molar-refractivity contribution in [1.29, 1.82) is 0 Å². The van der Waals surface area contributed by atoms with Crippen LogP contribution in [0.2, 0.25) is 0 Å². The van der Waals surface area contributed by atoms with Crippen LogP contribution in [0.5, 0.6) is 0 Å². The molecule has 0 aliphatic heterocycles. The van der Waals surface area contributed by atoms with E-state index in [0.717, 1.165) is 11.6 Å². The van der Waals surface area contributed by atoms with Gasteiger partial charge in [-0.3, -0.25) is 0 Å². The fraction of sp³-hybridized carbons (Fsp3) is 0.579. The van der Waals surface area contributed by atoms with Gasteiger partial charge >= 0.3 is 0 Å². The Morgan fingerprint density at radius 2 is 2.21 bits per heavy atom. The maximum absolute atomic E-state index is 6.12. The number of aromatic nitrogens is 2. The van der Waals surface area contributed by atoms with Gasteiger partial charge in [0.1, 0.15) is 6.04 Å². The number of rotatable bonds is 6. The first-order valence-electron chi connectivity index (χ1n) is 8.87. The van der Waals surface area contributed by atoms with Gasteiger partial charge in [0.2, 0.25) is 11.8 Å². The van der Waals surface area contributed by atoms with Gasteiger partial charge < -0.3 is 14.5 Å². The molecule has 0 amide bonds. The lowest BCUT2D eigenvalue weighted by Gasteiger charge is -2.26. The first kappa shape index (κ1) is 17.0. The third kappa shape index (κ3) is 4.57. The van der Waals surface area contributed by atoms with Gasteiger partial charge in [-0.15, -0.1) is 10.2 Å². The van der Waals surface area contributed by atoms with Crippen molar-refractivity contribution in [3.63, 3.8) is 0 Å².